The van der Waals surface area contributed by atoms with Crippen LogP contribution in [0.25, 0.3) is 22.0 Å². The van der Waals surface area contributed by atoms with E-state index < -0.39 is 38.2 Å². The predicted octanol–water partition coefficient (Wildman–Crippen LogP) is 2.67. The van der Waals surface area contributed by atoms with E-state index in [0.717, 1.165) is 29.3 Å². The maximum Gasteiger partial charge on any atom is 0.277 e. The van der Waals surface area contributed by atoms with Crippen LogP contribution in [0.4, 0.5) is 4.39 Å². The number of halogens is 1. The Balaban J connectivity index is 1.54. The van der Waals surface area contributed by atoms with E-state index in [0.29, 0.717) is 24.2 Å². The van der Waals surface area contributed by atoms with Crippen molar-refractivity contribution < 1.29 is 27.2 Å². The Morgan fingerprint density at radius 2 is 2.05 bits per heavy atom. The Bertz CT molecular complexity index is 1490. The van der Waals surface area contributed by atoms with Gasteiger partial charge in [0, 0.05) is 31.4 Å². The van der Waals surface area contributed by atoms with Crippen LogP contribution in [0.3, 0.4) is 0 Å². The molecule has 1 aromatic heterocycles. The van der Waals surface area contributed by atoms with Gasteiger partial charge in [-0.3, -0.25) is 9.59 Å². The minimum atomic E-state index is -3.92. The van der Waals surface area contributed by atoms with E-state index in [2.05, 4.69) is 15.8 Å². The highest BCUT2D eigenvalue weighted by molar-refractivity contribution is 7.92. The molecule has 198 valence electrons. The van der Waals surface area contributed by atoms with Gasteiger partial charge in [0.25, 0.3) is 11.5 Å². The topological polar surface area (TPSA) is 129 Å². The van der Waals surface area contributed by atoms with E-state index in [1.807, 2.05) is 0 Å². The number of aryl methyl sites for hydroxylation is 2. The predicted molar refractivity (Wildman–Crippen MR) is 135 cm³/mol. The first-order valence-electron chi connectivity index (χ1n) is 11.9. The zero-order valence-electron chi connectivity index (χ0n) is 20.9. The van der Waals surface area contributed by atoms with Gasteiger partial charge < -0.3 is 4.74 Å². The first-order chi connectivity index (χ1) is 17.5. The summed E-state index contributed by atoms with van der Waals surface area (Å²) in [7, 11) is -3.92. The fourth-order valence-corrected chi connectivity index (χ4v) is 4.90. The minimum Gasteiger partial charge on any atom is -0.350 e. The number of fused-ring (bicyclic) bond motifs is 1. The molecule has 0 spiro atoms. The number of aromatic nitrogens is 3. The number of hydrogen-bond donors (Lipinski definition) is 1. The molecule has 1 amide bonds. The van der Waals surface area contributed by atoms with Gasteiger partial charge in [-0.2, -0.15) is 0 Å². The second kappa shape index (κ2) is 10.6. The summed E-state index contributed by atoms with van der Waals surface area (Å²) in [6.45, 7) is 3.37. The van der Waals surface area contributed by atoms with Crippen LogP contribution in [-0.2, 0) is 30.8 Å². The summed E-state index contributed by atoms with van der Waals surface area (Å²) in [5.41, 5.74) is 3.67. The number of hydroxylamine groups is 1. The normalized spacial score (nSPS) is 17.9. The lowest BCUT2D eigenvalue weighted by Gasteiger charge is -2.28. The Morgan fingerprint density at radius 3 is 2.73 bits per heavy atom. The van der Waals surface area contributed by atoms with Crippen LogP contribution in [0.2, 0.25) is 0 Å². The number of carbonyl (C=O) groups is 1. The van der Waals surface area contributed by atoms with Gasteiger partial charge in [-0.15, -0.1) is 5.10 Å². The minimum absolute atomic E-state index is 0.187. The van der Waals surface area contributed by atoms with Crippen LogP contribution in [0, 0.1) is 12.7 Å². The number of hydrogen-bond acceptors (Lipinski definition) is 8. The second-order valence-corrected chi connectivity index (χ2v) is 11.9. The SMILES string of the molecule is Cc1ccc(-c2ccc3c(=O)n(CCC(C)(C(=O)NOC4CCCCO4)S(C)(=O)=O)nnc3c2)c(F)c1. The van der Waals surface area contributed by atoms with Crippen molar-refractivity contribution in [3.05, 3.63) is 58.1 Å². The fourth-order valence-electron chi connectivity index (χ4n) is 4.06. The third-order valence-corrected chi connectivity index (χ3v) is 8.71. The molecule has 37 heavy (non-hydrogen) atoms. The van der Waals surface area contributed by atoms with Gasteiger partial charge >= 0.3 is 0 Å². The van der Waals surface area contributed by atoms with Crippen molar-refractivity contribution in [3.63, 3.8) is 0 Å². The van der Waals surface area contributed by atoms with Crippen molar-refractivity contribution >= 4 is 26.6 Å². The van der Waals surface area contributed by atoms with Gasteiger partial charge in [0.05, 0.1) is 5.39 Å². The smallest absolute Gasteiger partial charge is 0.277 e. The van der Waals surface area contributed by atoms with Crippen molar-refractivity contribution in [3.8, 4) is 11.1 Å². The third kappa shape index (κ3) is 5.71. The largest absolute Gasteiger partial charge is 0.350 e. The highest BCUT2D eigenvalue weighted by Crippen LogP contribution is 2.26. The summed E-state index contributed by atoms with van der Waals surface area (Å²) < 4.78 is 44.1. The third-order valence-electron chi connectivity index (χ3n) is 6.68. The molecule has 2 unspecified atom stereocenters. The molecule has 10 nitrogen and oxygen atoms in total. The summed E-state index contributed by atoms with van der Waals surface area (Å²) >= 11 is 0. The van der Waals surface area contributed by atoms with Crippen molar-refractivity contribution in [1.29, 1.82) is 0 Å². The van der Waals surface area contributed by atoms with Crippen LogP contribution in [0.15, 0.2) is 41.2 Å². The summed E-state index contributed by atoms with van der Waals surface area (Å²) in [6, 6.07) is 9.57. The van der Waals surface area contributed by atoms with Crippen LogP contribution >= 0.6 is 0 Å². The summed E-state index contributed by atoms with van der Waals surface area (Å²) in [4.78, 5) is 31.2. The number of nitrogens with one attached hydrogen (secondary N) is 1. The van der Waals surface area contributed by atoms with Crippen LogP contribution in [-0.4, -0.2) is 53.2 Å². The fraction of sp³-hybridized carbons (Fsp3) is 0.440. The molecule has 0 bridgehead atoms. The Kier molecular flexibility index (Phi) is 7.72. The summed E-state index contributed by atoms with van der Waals surface area (Å²) in [5, 5.41) is 8.24. The molecule has 1 aliphatic rings. The van der Waals surface area contributed by atoms with Gasteiger partial charge in [0.15, 0.2) is 20.9 Å². The number of benzene rings is 2. The zero-order chi connectivity index (χ0) is 26.8. The molecule has 2 heterocycles. The Morgan fingerprint density at radius 1 is 1.27 bits per heavy atom. The molecule has 12 heteroatoms. The number of rotatable bonds is 8. The number of carbonyl (C=O) groups excluding carboxylic acids is 1. The standard InChI is InChI=1S/C25H29FN4O6S/c1-16-7-9-18(20(26)14-16)17-8-10-19-21(15-17)27-29-30(23(19)31)12-11-25(2,37(3,33)34)24(32)28-36-22-6-4-5-13-35-22/h7-10,14-15,22H,4-6,11-13H2,1-3H3,(H,28,32). The van der Waals surface area contributed by atoms with Crippen LogP contribution in [0.5, 0.6) is 0 Å². The van der Waals surface area contributed by atoms with Crippen molar-refractivity contribution in [2.24, 2.45) is 0 Å². The van der Waals surface area contributed by atoms with Crippen molar-refractivity contribution in [1.82, 2.24) is 20.5 Å². The van der Waals surface area contributed by atoms with Gasteiger partial charge in [-0.25, -0.2) is 27.8 Å². The van der Waals surface area contributed by atoms with Gasteiger partial charge in [0.2, 0.25) is 0 Å². The lowest BCUT2D eigenvalue weighted by molar-refractivity contribution is -0.201. The maximum absolute atomic E-state index is 14.4. The number of ether oxygens (including phenoxy) is 1. The molecular weight excluding hydrogens is 503 g/mol. The molecule has 2 aromatic carbocycles. The molecule has 1 N–H and O–H groups in total. The van der Waals surface area contributed by atoms with Gasteiger partial charge in [-0.1, -0.05) is 23.4 Å². The Labute approximate surface area is 213 Å². The first-order valence-corrected chi connectivity index (χ1v) is 13.8. The molecular formula is C25H29FN4O6S. The average Bonchev–Trinajstić information content (AvgIpc) is 2.86. The second-order valence-electron chi connectivity index (χ2n) is 9.43. The van der Waals surface area contributed by atoms with Crippen molar-refractivity contribution in [2.75, 3.05) is 12.9 Å². The van der Waals surface area contributed by atoms with Gasteiger partial charge in [0.1, 0.15) is 11.3 Å². The molecule has 4 rings (SSSR count). The molecule has 1 fully saturated rings. The maximum atomic E-state index is 14.4. The molecule has 0 aliphatic carbocycles. The highest BCUT2D eigenvalue weighted by atomic mass is 32.2. The monoisotopic (exact) mass is 532 g/mol. The molecule has 2 atom stereocenters. The van der Waals surface area contributed by atoms with Crippen LogP contribution in [0.1, 0.15) is 38.2 Å². The van der Waals surface area contributed by atoms with E-state index >= 15 is 0 Å². The van der Waals surface area contributed by atoms with E-state index in [9.17, 15) is 22.4 Å². The lowest BCUT2D eigenvalue weighted by atomic mass is 10.0. The first kappa shape index (κ1) is 26.8. The number of sulfone groups is 1. The molecule has 1 saturated heterocycles. The van der Waals surface area contributed by atoms with Crippen LogP contribution < -0.4 is 11.0 Å². The summed E-state index contributed by atoms with van der Waals surface area (Å²) in [6.07, 6.45) is 2.39. The number of nitrogens with zero attached hydrogens (tertiary/aromatic N) is 3. The summed E-state index contributed by atoms with van der Waals surface area (Å²) in [5.74, 6) is -1.26. The zero-order valence-corrected chi connectivity index (χ0v) is 21.7. The lowest BCUT2D eigenvalue weighted by Crippen LogP contribution is -2.51. The van der Waals surface area contributed by atoms with Gasteiger partial charge in [-0.05, 0) is 62.4 Å². The molecule has 0 saturated carbocycles. The average molecular weight is 533 g/mol. The van der Waals surface area contributed by atoms with E-state index in [4.69, 9.17) is 9.57 Å². The highest BCUT2D eigenvalue weighted by Gasteiger charge is 2.44. The van der Waals surface area contributed by atoms with E-state index in [1.54, 1.807) is 31.2 Å². The van der Waals surface area contributed by atoms with E-state index in [1.165, 1.54) is 19.1 Å². The molecule has 3 aromatic rings. The quantitative estimate of drug-likeness (QED) is 0.439. The molecule has 0 radical (unpaired) electrons. The van der Waals surface area contributed by atoms with Crippen molar-refractivity contribution in [2.45, 2.75) is 57.1 Å². The number of amides is 1. The molecule has 1 aliphatic heterocycles. The Hall–Kier alpha value is -3.22. The van der Waals surface area contributed by atoms with E-state index in [-0.39, 0.29) is 23.9 Å².